The third-order valence-electron chi connectivity index (χ3n) is 7.61. The standard InChI is InChI=1S/C13H17N.C12H14BrN/c1-8-9-4-2-6-11(9)13(14)12-7-3-5-10(8)12;13-11-7-3-1-5-9(7)12(14)10-6-2-4-8(10)11/h2-7,14H2,1H3;1-6,14H2. The van der Waals surface area contributed by atoms with Crippen molar-refractivity contribution in [1.29, 1.82) is 0 Å². The van der Waals surface area contributed by atoms with Crippen molar-refractivity contribution >= 4 is 27.3 Å². The minimum atomic E-state index is 1.12. The molecule has 3 heteroatoms. The van der Waals surface area contributed by atoms with E-state index in [9.17, 15) is 0 Å². The van der Waals surface area contributed by atoms with Gasteiger partial charge in [-0.25, -0.2) is 0 Å². The molecule has 4 N–H and O–H groups in total. The monoisotopic (exact) mass is 438 g/mol. The number of nitrogen functional groups attached to an aromatic ring is 2. The molecule has 6 rings (SSSR count). The van der Waals surface area contributed by atoms with Gasteiger partial charge in [0.05, 0.1) is 0 Å². The lowest BCUT2D eigenvalue weighted by Crippen LogP contribution is -2.03. The summed E-state index contributed by atoms with van der Waals surface area (Å²) in [5, 5.41) is 0. The van der Waals surface area contributed by atoms with E-state index in [1.54, 1.807) is 16.7 Å². The van der Waals surface area contributed by atoms with Gasteiger partial charge in [0, 0.05) is 15.8 Å². The third kappa shape index (κ3) is 2.73. The van der Waals surface area contributed by atoms with Gasteiger partial charge in [-0.3, -0.25) is 0 Å². The zero-order valence-electron chi connectivity index (χ0n) is 17.0. The molecule has 0 amide bonds. The molecule has 0 bridgehead atoms. The van der Waals surface area contributed by atoms with E-state index in [0.717, 1.165) is 11.4 Å². The molecule has 0 unspecified atom stereocenters. The Hall–Kier alpha value is -1.48. The fraction of sp³-hybridized carbons (Fsp3) is 0.520. The summed E-state index contributed by atoms with van der Waals surface area (Å²) in [6.07, 6.45) is 14.9. The van der Waals surface area contributed by atoms with Gasteiger partial charge in [0.25, 0.3) is 0 Å². The van der Waals surface area contributed by atoms with Gasteiger partial charge in [0.2, 0.25) is 0 Å². The first kappa shape index (κ1) is 18.5. The zero-order chi connectivity index (χ0) is 19.4. The Morgan fingerprint density at radius 2 is 0.786 bits per heavy atom. The van der Waals surface area contributed by atoms with Crippen molar-refractivity contribution in [2.75, 3.05) is 11.5 Å². The van der Waals surface area contributed by atoms with E-state index in [-0.39, 0.29) is 0 Å². The second-order valence-corrected chi connectivity index (χ2v) is 9.80. The topological polar surface area (TPSA) is 52.0 Å². The molecule has 0 radical (unpaired) electrons. The molecular weight excluding hydrogens is 408 g/mol. The first-order valence-corrected chi connectivity index (χ1v) is 11.9. The summed E-state index contributed by atoms with van der Waals surface area (Å²) in [5.74, 6) is 0. The highest BCUT2D eigenvalue weighted by molar-refractivity contribution is 9.10. The van der Waals surface area contributed by atoms with Gasteiger partial charge in [0.15, 0.2) is 0 Å². The maximum Gasteiger partial charge on any atom is 0.0385 e. The highest BCUT2D eigenvalue weighted by Gasteiger charge is 2.26. The van der Waals surface area contributed by atoms with E-state index < -0.39 is 0 Å². The molecule has 0 spiro atoms. The lowest BCUT2D eigenvalue weighted by Gasteiger charge is -2.14. The van der Waals surface area contributed by atoms with Gasteiger partial charge in [0.1, 0.15) is 0 Å². The second-order valence-electron chi connectivity index (χ2n) is 9.01. The molecule has 0 aromatic heterocycles. The number of fused-ring (bicyclic) bond motifs is 4. The van der Waals surface area contributed by atoms with Crippen LogP contribution < -0.4 is 11.5 Å². The average molecular weight is 439 g/mol. The molecule has 0 fully saturated rings. The van der Waals surface area contributed by atoms with Crippen molar-refractivity contribution in [2.24, 2.45) is 0 Å². The van der Waals surface area contributed by atoms with Crippen LogP contribution in [0, 0.1) is 6.92 Å². The van der Waals surface area contributed by atoms with Gasteiger partial charge >= 0.3 is 0 Å². The lowest BCUT2D eigenvalue weighted by molar-refractivity contribution is 0.894. The molecule has 148 valence electrons. The van der Waals surface area contributed by atoms with Crippen LogP contribution in [0.3, 0.4) is 0 Å². The normalized spacial score (nSPS) is 18.4. The first-order chi connectivity index (χ1) is 13.6. The van der Waals surface area contributed by atoms with E-state index in [1.807, 2.05) is 0 Å². The van der Waals surface area contributed by atoms with Crippen LogP contribution in [-0.2, 0) is 51.4 Å². The maximum absolute atomic E-state index is 6.25. The lowest BCUT2D eigenvalue weighted by atomic mass is 9.93. The van der Waals surface area contributed by atoms with Crippen LogP contribution in [0.1, 0.15) is 75.8 Å². The SMILES string of the molecule is Cc1c2c(c(N)c3c1CCC3)CCC2.Nc1c2c(c(Br)c3c1CCC3)CCC2. The van der Waals surface area contributed by atoms with Crippen molar-refractivity contribution in [2.45, 2.75) is 84.0 Å². The molecule has 0 heterocycles. The van der Waals surface area contributed by atoms with E-state index >= 15 is 0 Å². The number of hydrogen-bond donors (Lipinski definition) is 2. The Labute approximate surface area is 177 Å². The summed E-state index contributed by atoms with van der Waals surface area (Å²) in [6, 6.07) is 0. The number of benzene rings is 2. The summed E-state index contributed by atoms with van der Waals surface area (Å²) in [5.41, 5.74) is 28.4. The van der Waals surface area contributed by atoms with Crippen LogP contribution in [0.2, 0.25) is 0 Å². The largest absolute Gasteiger partial charge is 0.398 e. The molecule has 2 aromatic rings. The molecule has 0 atom stereocenters. The van der Waals surface area contributed by atoms with Crippen LogP contribution in [0.5, 0.6) is 0 Å². The van der Waals surface area contributed by atoms with Crippen LogP contribution in [0.4, 0.5) is 11.4 Å². The highest BCUT2D eigenvalue weighted by Crippen LogP contribution is 2.43. The molecular formula is C25H31BrN2. The second kappa shape index (κ2) is 7.09. The fourth-order valence-electron chi connectivity index (χ4n) is 6.20. The van der Waals surface area contributed by atoms with Gasteiger partial charge < -0.3 is 11.5 Å². The third-order valence-corrected chi connectivity index (χ3v) is 8.56. The van der Waals surface area contributed by atoms with Crippen LogP contribution in [-0.4, -0.2) is 0 Å². The Morgan fingerprint density at radius 3 is 1.18 bits per heavy atom. The molecule has 2 nitrogen and oxygen atoms in total. The molecule has 4 aliphatic carbocycles. The highest BCUT2D eigenvalue weighted by atomic mass is 79.9. The van der Waals surface area contributed by atoms with E-state index in [4.69, 9.17) is 11.5 Å². The maximum atomic E-state index is 6.25. The summed E-state index contributed by atoms with van der Waals surface area (Å²) in [4.78, 5) is 0. The predicted octanol–water partition coefficient (Wildman–Crippen LogP) is 5.56. The van der Waals surface area contributed by atoms with Crippen LogP contribution in [0.15, 0.2) is 4.47 Å². The molecule has 28 heavy (non-hydrogen) atoms. The minimum Gasteiger partial charge on any atom is -0.398 e. The smallest absolute Gasteiger partial charge is 0.0385 e. The molecule has 2 aromatic carbocycles. The Kier molecular flexibility index (Phi) is 4.70. The van der Waals surface area contributed by atoms with Crippen LogP contribution in [0.25, 0.3) is 0 Å². The van der Waals surface area contributed by atoms with Crippen molar-refractivity contribution in [3.05, 3.63) is 54.5 Å². The molecule has 0 aliphatic heterocycles. The summed E-state index contributed by atoms with van der Waals surface area (Å²) < 4.78 is 1.38. The van der Waals surface area contributed by atoms with E-state index in [0.29, 0.717) is 0 Å². The predicted molar refractivity (Wildman–Crippen MR) is 122 cm³/mol. The van der Waals surface area contributed by atoms with Gasteiger partial charge in [-0.1, -0.05) is 15.9 Å². The zero-order valence-corrected chi connectivity index (χ0v) is 18.6. The Bertz CT molecular complexity index is 750. The Balaban J connectivity index is 0.000000122. The number of hydrogen-bond acceptors (Lipinski definition) is 2. The van der Waals surface area contributed by atoms with Gasteiger partial charge in [-0.2, -0.15) is 0 Å². The van der Waals surface area contributed by atoms with E-state index in [2.05, 4.69) is 22.9 Å². The fourth-order valence-corrected chi connectivity index (χ4v) is 7.08. The number of rotatable bonds is 0. The summed E-state index contributed by atoms with van der Waals surface area (Å²) >= 11 is 3.76. The van der Waals surface area contributed by atoms with E-state index in [1.165, 1.54) is 115 Å². The van der Waals surface area contributed by atoms with Gasteiger partial charge in [-0.15, -0.1) is 0 Å². The summed E-state index contributed by atoms with van der Waals surface area (Å²) in [7, 11) is 0. The first-order valence-electron chi connectivity index (χ1n) is 11.1. The van der Waals surface area contributed by atoms with Gasteiger partial charge in [-0.05, 0) is 134 Å². The molecule has 0 saturated heterocycles. The minimum absolute atomic E-state index is 1.12. The molecule has 0 saturated carbocycles. The van der Waals surface area contributed by atoms with Crippen molar-refractivity contribution in [3.63, 3.8) is 0 Å². The van der Waals surface area contributed by atoms with Crippen LogP contribution >= 0.6 is 15.9 Å². The molecule has 4 aliphatic rings. The van der Waals surface area contributed by atoms with Crippen molar-refractivity contribution in [1.82, 2.24) is 0 Å². The van der Waals surface area contributed by atoms with Crippen molar-refractivity contribution in [3.8, 4) is 0 Å². The Morgan fingerprint density at radius 1 is 0.500 bits per heavy atom. The number of anilines is 2. The number of halogens is 1. The summed E-state index contributed by atoms with van der Waals surface area (Å²) in [6.45, 7) is 2.30. The van der Waals surface area contributed by atoms with Crippen molar-refractivity contribution < 1.29 is 0 Å². The average Bonchev–Trinajstić information content (AvgIpc) is 3.49. The number of nitrogens with two attached hydrogens (primary N) is 2. The quantitative estimate of drug-likeness (QED) is 0.528.